The Morgan fingerprint density at radius 2 is 1.75 bits per heavy atom. The van der Waals surface area contributed by atoms with Crippen molar-refractivity contribution in [1.82, 2.24) is 9.55 Å². The Morgan fingerprint density at radius 1 is 1.00 bits per heavy atom. The van der Waals surface area contributed by atoms with E-state index in [4.69, 9.17) is 4.74 Å². The quantitative estimate of drug-likeness (QED) is 0.401. The van der Waals surface area contributed by atoms with Crippen molar-refractivity contribution in [1.29, 1.82) is 0 Å². The van der Waals surface area contributed by atoms with Crippen LogP contribution in [0.1, 0.15) is 22.4 Å². The number of rotatable bonds is 4. The SMILES string of the molecule is Cc1cccc(Cn2c(C)c(C)c3ccnc(Oc4ccc(F)cc4)c32)c1.Cl. The van der Waals surface area contributed by atoms with Crippen molar-refractivity contribution in [3.8, 4) is 11.6 Å². The van der Waals surface area contributed by atoms with Gasteiger partial charge in [0.25, 0.3) is 0 Å². The van der Waals surface area contributed by atoms with E-state index in [1.807, 2.05) is 6.07 Å². The average molecular weight is 397 g/mol. The zero-order valence-corrected chi connectivity index (χ0v) is 16.9. The van der Waals surface area contributed by atoms with Crippen LogP contribution in [0, 0.1) is 26.6 Å². The van der Waals surface area contributed by atoms with Gasteiger partial charge < -0.3 is 9.30 Å². The number of aromatic nitrogens is 2. The standard InChI is InChI=1S/C23H21FN2O.ClH/c1-15-5-4-6-18(13-15)14-26-17(3)16(2)21-11-12-25-23(22(21)26)27-20-9-7-19(24)8-10-20;/h4-13H,14H2,1-3H3;1H. The molecular weight excluding hydrogens is 375 g/mol. The molecule has 0 amide bonds. The lowest BCUT2D eigenvalue weighted by Crippen LogP contribution is -2.03. The molecule has 0 fully saturated rings. The molecule has 0 saturated carbocycles. The average Bonchev–Trinajstić information content (AvgIpc) is 2.90. The van der Waals surface area contributed by atoms with Gasteiger partial charge in [0.05, 0.1) is 0 Å². The first-order chi connectivity index (χ1) is 13.0. The number of hydrogen-bond donors (Lipinski definition) is 0. The largest absolute Gasteiger partial charge is 0.437 e. The van der Waals surface area contributed by atoms with Crippen molar-refractivity contribution in [3.63, 3.8) is 0 Å². The highest BCUT2D eigenvalue weighted by Crippen LogP contribution is 2.33. The molecule has 0 aliphatic carbocycles. The van der Waals surface area contributed by atoms with Crippen LogP contribution in [0.15, 0.2) is 60.8 Å². The lowest BCUT2D eigenvalue weighted by atomic mass is 10.1. The molecule has 2 heterocycles. The van der Waals surface area contributed by atoms with Crippen molar-refractivity contribution < 1.29 is 9.13 Å². The summed E-state index contributed by atoms with van der Waals surface area (Å²) in [5.41, 5.74) is 5.82. The predicted octanol–water partition coefficient (Wildman–Crippen LogP) is 6.36. The van der Waals surface area contributed by atoms with Gasteiger partial charge in [-0.05, 0) is 62.2 Å². The van der Waals surface area contributed by atoms with Crippen LogP contribution in [-0.2, 0) is 6.54 Å². The number of fused-ring (bicyclic) bond motifs is 1. The smallest absolute Gasteiger partial charge is 0.244 e. The fraction of sp³-hybridized carbons (Fsp3) is 0.174. The first-order valence-corrected chi connectivity index (χ1v) is 8.96. The van der Waals surface area contributed by atoms with Crippen LogP contribution in [0.5, 0.6) is 11.6 Å². The molecular formula is C23H22ClFN2O. The maximum absolute atomic E-state index is 13.2. The minimum atomic E-state index is -0.289. The van der Waals surface area contributed by atoms with Gasteiger partial charge in [0.1, 0.15) is 17.1 Å². The number of benzene rings is 2. The molecule has 5 heteroatoms. The Kier molecular flexibility index (Phi) is 5.71. The molecule has 0 bridgehead atoms. The molecule has 4 aromatic rings. The van der Waals surface area contributed by atoms with Gasteiger partial charge in [0.15, 0.2) is 0 Å². The van der Waals surface area contributed by atoms with Gasteiger partial charge in [-0.3, -0.25) is 0 Å². The first kappa shape index (κ1) is 19.9. The number of aryl methyl sites for hydroxylation is 2. The minimum absolute atomic E-state index is 0. The van der Waals surface area contributed by atoms with Crippen molar-refractivity contribution >= 4 is 23.3 Å². The highest BCUT2D eigenvalue weighted by atomic mass is 35.5. The molecule has 0 aliphatic rings. The second kappa shape index (κ2) is 8.03. The minimum Gasteiger partial charge on any atom is -0.437 e. The fourth-order valence-electron chi connectivity index (χ4n) is 3.44. The highest BCUT2D eigenvalue weighted by molar-refractivity contribution is 5.89. The van der Waals surface area contributed by atoms with Crippen molar-refractivity contribution in [2.24, 2.45) is 0 Å². The van der Waals surface area contributed by atoms with Crippen molar-refractivity contribution in [2.75, 3.05) is 0 Å². The summed E-state index contributed by atoms with van der Waals surface area (Å²) in [4.78, 5) is 4.46. The van der Waals surface area contributed by atoms with Gasteiger partial charge in [-0.15, -0.1) is 12.4 Å². The third-order valence-corrected chi connectivity index (χ3v) is 4.96. The van der Waals surface area contributed by atoms with Crippen molar-refractivity contribution in [3.05, 3.63) is 89.0 Å². The van der Waals surface area contributed by atoms with Crippen LogP contribution in [0.25, 0.3) is 10.9 Å². The van der Waals surface area contributed by atoms with Crippen molar-refractivity contribution in [2.45, 2.75) is 27.3 Å². The van der Waals surface area contributed by atoms with Gasteiger partial charge >= 0.3 is 0 Å². The summed E-state index contributed by atoms with van der Waals surface area (Å²) < 4.78 is 21.5. The normalized spacial score (nSPS) is 10.7. The highest BCUT2D eigenvalue weighted by Gasteiger charge is 2.17. The van der Waals surface area contributed by atoms with E-state index in [0.717, 1.165) is 17.4 Å². The molecule has 0 N–H and O–H groups in total. The first-order valence-electron chi connectivity index (χ1n) is 8.96. The topological polar surface area (TPSA) is 27.1 Å². The van der Waals surface area contributed by atoms with Crippen LogP contribution in [0.2, 0.25) is 0 Å². The molecule has 0 atom stereocenters. The number of halogens is 2. The Bertz CT molecular complexity index is 1120. The van der Waals surface area contributed by atoms with Crippen LogP contribution >= 0.6 is 12.4 Å². The molecule has 0 saturated heterocycles. The van der Waals surface area contributed by atoms with E-state index in [-0.39, 0.29) is 18.2 Å². The Labute approximate surface area is 170 Å². The van der Waals surface area contributed by atoms with E-state index >= 15 is 0 Å². The molecule has 0 radical (unpaired) electrons. The zero-order chi connectivity index (χ0) is 19.0. The lowest BCUT2D eigenvalue weighted by Gasteiger charge is -2.12. The van der Waals surface area contributed by atoms with Gasteiger partial charge in [-0.1, -0.05) is 29.8 Å². The number of hydrogen-bond acceptors (Lipinski definition) is 2. The summed E-state index contributed by atoms with van der Waals surface area (Å²) in [5, 5.41) is 1.12. The summed E-state index contributed by atoms with van der Waals surface area (Å²) in [6.45, 7) is 7.07. The monoisotopic (exact) mass is 396 g/mol. The molecule has 0 unspecified atom stereocenters. The van der Waals surface area contributed by atoms with E-state index in [0.29, 0.717) is 11.6 Å². The van der Waals surface area contributed by atoms with Gasteiger partial charge in [0.2, 0.25) is 5.88 Å². The Balaban J connectivity index is 0.00000225. The van der Waals surface area contributed by atoms with Crippen LogP contribution < -0.4 is 4.74 Å². The maximum Gasteiger partial charge on any atom is 0.244 e. The molecule has 2 aromatic heterocycles. The Hall–Kier alpha value is -2.85. The van der Waals surface area contributed by atoms with Gasteiger partial charge in [-0.25, -0.2) is 9.37 Å². The molecule has 144 valence electrons. The predicted molar refractivity (Wildman–Crippen MR) is 113 cm³/mol. The molecule has 4 rings (SSSR count). The van der Waals surface area contributed by atoms with E-state index < -0.39 is 0 Å². The fourth-order valence-corrected chi connectivity index (χ4v) is 3.44. The third-order valence-electron chi connectivity index (χ3n) is 4.96. The Morgan fingerprint density at radius 3 is 2.46 bits per heavy atom. The summed E-state index contributed by atoms with van der Waals surface area (Å²) in [6.07, 6.45) is 1.75. The lowest BCUT2D eigenvalue weighted by molar-refractivity contribution is 0.464. The molecule has 0 aliphatic heterocycles. The van der Waals surface area contributed by atoms with E-state index in [2.05, 4.69) is 54.6 Å². The number of nitrogens with zero attached hydrogens (tertiary/aromatic N) is 2. The van der Waals surface area contributed by atoms with Gasteiger partial charge in [0, 0.05) is 23.8 Å². The van der Waals surface area contributed by atoms with E-state index in [1.54, 1.807) is 18.3 Å². The summed E-state index contributed by atoms with van der Waals surface area (Å²) in [6, 6.07) is 16.5. The number of ether oxygens (including phenoxy) is 1. The summed E-state index contributed by atoms with van der Waals surface area (Å²) in [5.74, 6) is 0.806. The van der Waals surface area contributed by atoms with Crippen LogP contribution in [-0.4, -0.2) is 9.55 Å². The summed E-state index contributed by atoms with van der Waals surface area (Å²) in [7, 11) is 0. The second-order valence-corrected chi connectivity index (χ2v) is 6.85. The molecule has 2 aromatic carbocycles. The molecule has 28 heavy (non-hydrogen) atoms. The van der Waals surface area contributed by atoms with Crippen LogP contribution in [0.3, 0.4) is 0 Å². The summed E-state index contributed by atoms with van der Waals surface area (Å²) >= 11 is 0. The maximum atomic E-state index is 13.2. The zero-order valence-electron chi connectivity index (χ0n) is 16.1. The number of pyridine rings is 1. The van der Waals surface area contributed by atoms with Gasteiger partial charge in [-0.2, -0.15) is 0 Å². The molecule has 3 nitrogen and oxygen atoms in total. The second-order valence-electron chi connectivity index (χ2n) is 6.85. The molecule has 0 spiro atoms. The van der Waals surface area contributed by atoms with E-state index in [1.165, 1.54) is 34.5 Å². The third kappa shape index (κ3) is 3.73. The van der Waals surface area contributed by atoms with Crippen LogP contribution in [0.4, 0.5) is 4.39 Å². The van der Waals surface area contributed by atoms with E-state index in [9.17, 15) is 4.39 Å².